The van der Waals surface area contributed by atoms with E-state index in [4.69, 9.17) is 10.5 Å². The van der Waals surface area contributed by atoms with E-state index in [1.807, 2.05) is 6.33 Å². The molecule has 1 aromatic heterocycles. The molecule has 0 aromatic carbocycles. The van der Waals surface area contributed by atoms with Gasteiger partial charge in [0.1, 0.15) is 6.33 Å². The molecule has 1 amide bonds. The van der Waals surface area contributed by atoms with Gasteiger partial charge in [0.2, 0.25) is 5.91 Å². The molecular weight excluding hydrogens is 439 g/mol. The van der Waals surface area contributed by atoms with E-state index in [9.17, 15) is 4.79 Å². The molecule has 0 radical (unpaired) electrons. The highest BCUT2D eigenvalue weighted by atomic mass is 35.5. The first-order valence-corrected chi connectivity index (χ1v) is 11.4. The molecule has 1 aromatic rings. The first kappa shape index (κ1) is 26.3. The van der Waals surface area contributed by atoms with Crippen molar-refractivity contribution in [3.63, 3.8) is 0 Å². The number of aromatic nitrogens is 3. The third-order valence-electron chi connectivity index (χ3n) is 6.92. The summed E-state index contributed by atoms with van der Waals surface area (Å²) < 4.78 is 7.69. The number of likely N-dealkylation sites (tertiary alicyclic amines) is 1. The average Bonchev–Trinajstić information content (AvgIpc) is 3.15. The normalized spacial score (nSPS) is 26.4. The quantitative estimate of drug-likeness (QED) is 0.676. The lowest BCUT2D eigenvalue weighted by Gasteiger charge is -2.35. The third kappa shape index (κ3) is 7.02. The van der Waals surface area contributed by atoms with Crippen LogP contribution in [0.5, 0.6) is 0 Å². The van der Waals surface area contributed by atoms with Crippen molar-refractivity contribution in [2.75, 3.05) is 26.3 Å². The number of carbonyl (C=O) groups excluding carboxylic acids is 1. The summed E-state index contributed by atoms with van der Waals surface area (Å²) in [5.41, 5.74) is 6.32. The third-order valence-corrected chi connectivity index (χ3v) is 6.92. The molecule has 0 unspecified atom stereocenters. The number of hydrogen-bond acceptors (Lipinski definition) is 6. The van der Waals surface area contributed by atoms with E-state index in [2.05, 4.69) is 25.0 Å². The second-order valence-electron chi connectivity index (χ2n) is 9.00. The highest BCUT2D eigenvalue weighted by molar-refractivity contribution is 5.85. The molecule has 10 heteroatoms. The van der Waals surface area contributed by atoms with Gasteiger partial charge in [-0.25, -0.2) is 0 Å². The Morgan fingerprint density at radius 1 is 1.03 bits per heavy atom. The largest absolute Gasteiger partial charge is 0.381 e. The molecule has 1 saturated carbocycles. The van der Waals surface area contributed by atoms with E-state index in [1.165, 1.54) is 32.1 Å². The monoisotopic (exact) mass is 476 g/mol. The van der Waals surface area contributed by atoms with Gasteiger partial charge in [0.15, 0.2) is 5.82 Å². The highest BCUT2D eigenvalue weighted by Crippen LogP contribution is 2.28. The van der Waals surface area contributed by atoms with Gasteiger partial charge >= 0.3 is 0 Å². The zero-order chi connectivity index (χ0) is 20.1. The summed E-state index contributed by atoms with van der Waals surface area (Å²) in [6, 6.07) is 1.10. The molecule has 2 saturated heterocycles. The van der Waals surface area contributed by atoms with Gasteiger partial charge in [-0.2, -0.15) is 0 Å². The van der Waals surface area contributed by atoms with Crippen molar-refractivity contribution < 1.29 is 9.53 Å². The maximum atomic E-state index is 13.0. The molecule has 3 N–H and O–H groups in total. The Morgan fingerprint density at radius 3 is 2.52 bits per heavy atom. The Balaban J connectivity index is 0.00000171. The van der Waals surface area contributed by atoms with Gasteiger partial charge in [-0.3, -0.25) is 9.69 Å². The van der Waals surface area contributed by atoms with Crippen LogP contribution in [0.2, 0.25) is 0 Å². The van der Waals surface area contributed by atoms with Crippen LogP contribution in [0, 0.1) is 5.92 Å². The van der Waals surface area contributed by atoms with Gasteiger partial charge < -0.3 is 20.4 Å². The lowest BCUT2D eigenvalue weighted by atomic mass is 9.95. The smallest absolute Gasteiger partial charge is 0.224 e. The number of amides is 1. The van der Waals surface area contributed by atoms with Crippen LogP contribution >= 0.6 is 24.8 Å². The van der Waals surface area contributed by atoms with Crippen molar-refractivity contribution in [2.45, 2.75) is 82.5 Å². The average molecular weight is 477 g/mol. The lowest BCUT2D eigenvalue weighted by Crippen LogP contribution is -2.47. The molecule has 3 heterocycles. The summed E-state index contributed by atoms with van der Waals surface area (Å²) in [5.74, 6) is 0.976. The van der Waals surface area contributed by atoms with Gasteiger partial charge in [0.05, 0.1) is 12.5 Å². The number of hydrogen-bond donors (Lipinski definition) is 2. The Hall–Kier alpha value is -0.930. The van der Waals surface area contributed by atoms with E-state index in [0.717, 1.165) is 57.8 Å². The zero-order valence-electron chi connectivity index (χ0n) is 18.3. The minimum atomic E-state index is -0.0163. The number of nitrogens with two attached hydrogens (primary N) is 1. The summed E-state index contributed by atoms with van der Waals surface area (Å²) in [7, 11) is 0. The number of carbonyl (C=O) groups is 1. The van der Waals surface area contributed by atoms with Crippen LogP contribution in [0.25, 0.3) is 0 Å². The van der Waals surface area contributed by atoms with E-state index in [-0.39, 0.29) is 42.7 Å². The van der Waals surface area contributed by atoms with Gasteiger partial charge in [0, 0.05) is 44.4 Å². The van der Waals surface area contributed by atoms with Crippen LogP contribution in [-0.4, -0.2) is 64.0 Å². The molecule has 3 aliphatic rings. The topological polar surface area (TPSA) is 98.3 Å². The first-order chi connectivity index (χ1) is 14.2. The Labute approximate surface area is 197 Å². The van der Waals surface area contributed by atoms with Crippen LogP contribution in [0.4, 0.5) is 0 Å². The van der Waals surface area contributed by atoms with Gasteiger partial charge in [-0.05, 0) is 38.5 Å². The lowest BCUT2D eigenvalue weighted by molar-refractivity contribution is -0.126. The van der Waals surface area contributed by atoms with E-state index < -0.39 is 0 Å². The summed E-state index contributed by atoms with van der Waals surface area (Å²) in [5, 5.41) is 11.5. The summed E-state index contributed by atoms with van der Waals surface area (Å²) in [6.45, 7) is 3.74. The van der Waals surface area contributed by atoms with E-state index in [0.29, 0.717) is 18.6 Å². The maximum absolute atomic E-state index is 13.0. The van der Waals surface area contributed by atoms with Crippen LogP contribution < -0.4 is 11.1 Å². The molecule has 31 heavy (non-hydrogen) atoms. The number of nitrogens with zero attached hydrogens (tertiary/aromatic N) is 4. The van der Waals surface area contributed by atoms with Crippen LogP contribution in [0.1, 0.15) is 69.7 Å². The van der Waals surface area contributed by atoms with Crippen LogP contribution in [-0.2, 0) is 16.1 Å². The molecule has 8 nitrogen and oxygen atoms in total. The highest BCUT2D eigenvalue weighted by Gasteiger charge is 2.31. The SMILES string of the molecule is Cl.Cl.N[C@H]1CC[C@@H](C(=O)NCc2nncn2C2CCCCC2)CN(C2CCOCC2)C1. The summed E-state index contributed by atoms with van der Waals surface area (Å²) >= 11 is 0. The molecule has 4 rings (SSSR count). The van der Waals surface area contributed by atoms with Crippen LogP contribution in [0.3, 0.4) is 0 Å². The molecule has 3 fully saturated rings. The van der Waals surface area contributed by atoms with Gasteiger partial charge in [-0.1, -0.05) is 19.3 Å². The molecule has 0 bridgehead atoms. The fourth-order valence-electron chi connectivity index (χ4n) is 5.19. The van der Waals surface area contributed by atoms with Crippen LogP contribution in [0.15, 0.2) is 6.33 Å². The Morgan fingerprint density at radius 2 is 1.77 bits per heavy atom. The zero-order valence-corrected chi connectivity index (χ0v) is 19.9. The number of nitrogens with one attached hydrogen (secondary N) is 1. The number of rotatable bonds is 5. The minimum absolute atomic E-state index is 0. The minimum Gasteiger partial charge on any atom is -0.381 e. The fraction of sp³-hybridized carbons (Fsp3) is 0.857. The maximum Gasteiger partial charge on any atom is 0.224 e. The number of ether oxygens (including phenoxy) is 1. The standard InChI is InChI=1S/C21H36N6O2.2ClH/c22-17-7-6-16(13-26(14-17)18-8-10-29-11-9-18)21(28)23-12-20-25-24-15-27(20)19-4-2-1-3-5-19;;/h15-19H,1-14,22H2,(H,23,28);2*1H/t16-,17+;;/m1../s1. The van der Waals surface area contributed by atoms with Gasteiger partial charge in [0.25, 0.3) is 0 Å². The van der Waals surface area contributed by atoms with Crippen molar-refractivity contribution in [1.29, 1.82) is 0 Å². The fourth-order valence-corrected chi connectivity index (χ4v) is 5.19. The van der Waals surface area contributed by atoms with Crippen molar-refractivity contribution >= 4 is 30.7 Å². The second-order valence-corrected chi connectivity index (χ2v) is 9.00. The van der Waals surface area contributed by atoms with E-state index in [1.54, 1.807) is 0 Å². The van der Waals surface area contributed by atoms with Crippen molar-refractivity contribution in [1.82, 2.24) is 25.0 Å². The van der Waals surface area contributed by atoms with Crippen molar-refractivity contribution in [2.24, 2.45) is 11.7 Å². The Bertz CT molecular complexity index is 664. The molecule has 2 atom stereocenters. The predicted octanol–water partition coefficient (Wildman–Crippen LogP) is 2.46. The second kappa shape index (κ2) is 12.9. The Kier molecular flexibility index (Phi) is 11.0. The summed E-state index contributed by atoms with van der Waals surface area (Å²) in [6.07, 6.45) is 11.8. The molecule has 178 valence electrons. The molecule has 2 aliphatic heterocycles. The molecular formula is C21H38Cl2N6O2. The number of halogens is 2. The van der Waals surface area contributed by atoms with Crippen molar-refractivity contribution in [3.8, 4) is 0 Å². The summed E-state index contributed by atoms with van der Waals surface area (Å²) in [4.78, 5) is 15.4. The predicted molar refractivity (Wildman–Crippen MR) is 125 cm³/mol. The van der Waals surface area contributed by atoms with Crippen molar-refractivity contribution in [3.05, 3.63) is 12.2 Å². The molecule has 0 spiro atoms. The van der Waals surface area contributed by atoms with E-state index >= 15 is 0 Å². The van der Waals surface area contributed by atoms with Gasteiger partial charge in [-0.15, -0.1) is 35.0 Å². The first-order valence-electron chi connectivity index (χ1n) is 11.4. The molecule has 1 aliphatic carbocycles.